The van der Waals surface area contributed by atoms with Gasteiger partial charge in [0.25, 0.3) is 0 Å². The lowest BCUT2D eigenvalue weighted by atomic mass is 9.34. The molecule has 1 unspecified atom stereocenters. The maximum Gasteiger partial charge on any atom is 0.247 e. The van der Waals surface area contributed by atoms with E-state index in [1.165, 1.54) is 0 Å². The van der Waals surface area contributed by atoms with E-state index in [4.69, 9.17) is 4.42 Å². The zero-order valence-electron chi connectivity index (χ0n) is 24.6. The highest BCUT2D eigenvalue weighted by Gasteiger charge is 2.81. The number of allylic oxidation sites excluding steroid dienone is 4. The summed E-state index contributed by atoms with van der Waals surface area (Å²) in [6.07, 6.45) is 10.8. The maximum atomic E-state index is 14.6. The van der Waals surface area contributed by atoms with Crippen molar-refractivity contribution in [2.45, 2.75) is 105 Å². The summed E-state index contributed by atoms with van der Waals surface area (Å²) >= 11 is 0. The van der Waals surface area contributed by atoms with Crippen LogP contribution < -0.4 is 0 Å². The third-order valence-corrected chi connectivity index (χ3v) is 13.9. The van der Waals surface area contributed by atoms with Gasteiger partial charge in [-0.1, -0.05) is 47.6 Å². The number of fused-ring (bicyclic) bond motifs is 6. The third kappa shape index (κ3) is 2.70. The summed E-state index contributed by atoms with van der Waals surface area (Å²) in [6, 6.07) is 2.20. The molecule has 40 heavy (non-hydrogen) atoms. The Labute approximate surface area is 235 Å². The Morgan fingerprint density at radius 2 is 1.73 bits per heavy atom. The highest BCUT2D eigenvalue weighted by atomic mass is 19.1. The Morgan fingerprint density at radius 3 is 2.40 bits per heavy atom. The summed E-state index contributed by atoms with van der Waals surface area (Å²) in [5, 5.41) is 18.3. The number of Topliss-reactive ketones (excluding diaryl/α,β-unsaturated/α-hetero) is 1. The summed E-state index contributed by atoms with van der Waals surface area (Å²) in [6.45, 7) is 12.7. The zero-order chi connectivity index (χ0) is 28.7. The SMILES string of the molecule is CC1(C)CC[C@]2(c3nnc(CF)o3)CC[C@]3(C)[C@H](C(=O)C=C4[C@@]5(C)C=C(C#N)C(=O)C6(C)C[C@]65CC[C@]43C)[C@@H]2C1. The normalized spacial score (nSPS) is 48.4. The van der Waals surface area contributed by atoms with E-state index in [0.29, 0.717) is 5.89 Å². The van der Waals surface area contributed by atoms with Crippen molar-refractivity contribution in [3.8, 4) is 6.07 Å². The van der Waals surface area contributed by atoms with Crippen LogP contribution in [0.15, 0.2) is 27.7 Å². The second-order valence-electron chi connectivity index (χ2n) is 15.7. The van der Waals surface area contributed by atoms with Gasteiger partial charge < -0.3 is 4.42 Å². The van der Waals surface area contributed by atoms with Crippen molar-refractivity contribution in [2.24, 2.45) is 44.3 Å². The Bertz CT molecular complexity index is 1480. The van der Waals surface area contributed by atoms with Crippen molar-refractivity contribution in [3.63, 3.8) is 0 Å². The Kier molecular flexibility index (Phi) is 4.87. The number of hydrogen-bond acceptors (Lipinski definition) is 6. The van der Waals surface area contributed by atoms with Crippen LogP contribution in [0.1, 0.15) is 105 Å². The minimum absolute atomic E-state index is 0.00956. The molecule has 0 aromatic carbocycles. The molecule has 0 saturated heterocycles. The number of hydrogen-bond donors (Lipinski definition) is 0. The summed E-state index contributed by atoms with van der Waals surface area (Å²) in [5.74, 6) is 0.432. The molecule has 212 valence electrons. The molecule has 4 saturated carbocycles. The number of rotatable bonds is 2. The fourth-order valence-electron chi connectivity index (χ4n) is 11.2. The molecule has 8 atom stereocenters. The van der Waals surface area contributed by atoms with Gasteiger partial charge in [-0.15, -0.1) is 10.2 Å². The summed E-state index contributed by atoms with van der Waals surface area (Å²) in [4.78, 5) is 27.9. The molecule has 6 nitrogen and oxygen atoms in total. The van der Waals surface area contributed by atoms with Crippen molar-refractivity contribution in [1.82, 2.24) is 10.2 Å². The van der Waals surface area contributed by atoms with Gasteiger partial charge in [-0.3, -0.25) is 9.59 Å². The van der Waals surface area contributed by atoms with Crippen LogP contribution in [0.5, 0.6) is 0 Å². The van der Waals surface area contributed by atoms with E-state index in [-0.39, 0.29) is 56.5 Å². The van der Waals surface area contributed by atoms with Gasteiger partial charge in [0.2, 0.25) is 11.8 Å². The Hall–Kier alpha value is -2.62. The zero-order valence-corrected chi connectivity index (χ0v) is 24.6. The molecule has 0 bridgehead atoms. The van der Waals surface area contributed by atoms with Crippen molar-refractivity contribution in [3.05, 3.63) is 35.1 Å². The van der Waals surface area contributed by atoms with Crippen LogP contribution in [0.4, 0.5) is 4.39 Å². The fraction of sp³-hybridized carbons (Fsp3) is 0.727. The maximum absolute atomic E-state index is 14.6. The number of alkyl halides is 1. The summed E-state index contributed by atoms with van der Waals surface area (Å²) in [5.41, 5.74) is -0.852. The van der Waals surface area contributed by atoms with Crippen LogP contribution in [0.3, 0.4) is 0 Å². The molecule has 1 heterocycles. The molecule has 0 aliphatic heterocycles. The predicted molar refractivity (Wildman–Crippen MR) is 145 cm³/mol. The van der Waals surface area contributed by atoms with E-state index >= 15 is 0 Å². The molecular formula is C33H40FN3O3. The topological polar surface area (TPSA) is 96.8 Å². The van der Waals surface area contributed by atoms with Gasteiger partial charge in [-0.05, 0) is 90.6 Å². The Morgan fingerprint density at radius 1 is 1.00 bits per heavy atom. The van der Waals surface area contributed by atoms with Gasteiger partial charge in [-0.2, -0.15) is 5.26 Å². The quantitative estimate of drug-likeness (QED) is 0.407. The van der Waals surface area contributed by atoms with Gasteiger partial charge in [0.1, 0.15) is 6.07 Å². The van der Waals surface area contributed by atoms with Gasteiger partial charge >= 0.3 is 0 Å². The molecule has 0 N–H and O–H groups in total. The average molecular weight is 546 g/mol. The minimum Gasteiger partial charge on any atom is -0.422 e. The van der Waals surface area contributed by atoms with Gasteiger partial charge in [-0.25, -0.2) is 4.39 Å². The molecule has 6 aliphatic rings. The van der Waals surface area contributed by atoms with E-state index < -0.39 is 22.9 Å². The van der Waals surface area contributed by atoms with E-state index in [1.807, 2.05) is 19.1 Å². The second kappa shape index (κ2) is 7.41. The van der Waals surface area contributed by atoms with Crippen molar-refractivity contribution < 1.29 is 18.4 Å². The summed E-state index contributed by atoms with van der Waals surface area (Å²) in [7, 11) is 0. The third-order valence-electron chi connectivity index (χ3n) is 13.9. The Balaban J connectivity index is 1.40. The highest BCUT2D eigenvalue weighted by molar-refractivity contribution is 6.07. The monoisotopic (exact) mass is 545 g/mol. The number of ketones is 2. The first-order chi connectivity index (χ1) is 18.7. The van der Waals surface area contributed by atoms with E-state index in [0.717, 1.165) is 56.9 Å². The van der Waals surface area contributed by atoms with Gasteiger partial charge in [0.05, 0.1) is 11.0 Å². The lowest BCUT2D eigenvalue weighted by molar-refractivity contribution is -0.160. The molecule has 7 rings (SSSR count). The number of carbonyl (C=O) groups is 2. The molecule has 0 amide bonds. The van der Waals surface area contributed by atoms with Crippen LogP contribution in [0, 0.1) is 55.7 Å². The van der Waals surface area contributed by atoms with E-state index in [9.17, 15) is 19.2 Å². The molecular weight excluding hydrogens is 505 g/mol. The smallest absolute Gasteiger partial charge is 0.247 e. The van der Waals surface area contributed by atoms with Gasteiger partial charge in [0.15, 0.2) is 18.2 Å². The molecule has 6 aliphatic carbocycles. The number of halogens is 1. The molecule has 1 aromatic heterocycles. The van der Waals surface area contributed by atoms with Crippen LogP contribution in [-0.4, -0.2) is 21.8 Å². The molecule has 1 aromatic rings. The first-order valence-corrected chi connectivity index (χ1v) is 15.0. The van der Waals surface area contributed by atoms with Gasteiger partial charge in [0, 0.05) is 16.7 Å². The number of aromatic nitrogens is 2. The van der Waals surface area contributed by atoms with Crippen molar-refractivity contribution in [1.29, 1.82) is 5.26 Å². The van der Waals surface area contributed by atoms with E-state index in [1.54, 1.807) is 0 Å². The highest BCUT2D eigenvalue weighted by Crippen LogP contribution is 2.85. The lowest BCUT2D eigenvalue weighted by Crippen LogP contribution is -2.65. The number of nitriles is 1. The van der Waals surface area contributed by atoms with Crippen molar-refractivity contribution >= 4 is 11.6 Å². The molecule has 4 fully saturated rings. The summed E-state index contributed by atoms with van der Waals surface area (Å²) < 4.78 is 19.4. The minimum atomic E-state index is -0.788. The molecule has 0 radical (unpaired) electrons. The molecule has 1 spiro atoms. The number of nitrogens with zero attached hydrogens (tertiary/aromatic N) is 3. The van der Waals surface area contributed by atoms with Crippen LogP contribution in [0.2, 0.25) is 0 Å². The van der Waals surface area contributed by atoms with Crippen molar-refractivity contribution in [2.75, 3.05) is 0 Å². The van der Waals surface area contributed by atoms with Crippen LogP contribution >= 0.6 is 0 Å². The standard InChI is InChI=1S/C33H40FN3O3/c1-27(2)7-10-32(26-37-36-23(16-34)40-26)11-8-29(4)24(20(32)15-27)21(38)13-22-28(29,3)9-12-33-18-31(33,6)25(39)19(17-35)14-30(22,33)5/h13-14,20,24H,7-12,15-16,18H2,1-6H3/t20-,24-,28+,29+,30+,31?,32-,33-/m0/s1. The van der Waals surface area contributed by atoms with Crippen LogP contribution in [-0.2, 0) is 21.7 Å². The number of carbonyl (C=O) groups excluding carboxylic acids is 2. The first-order valence-electron chi connectivity index (χ1n) is 15.0. The fourth-order valence-corrected chi connectivity index (χ4v) is 11.2. The molecule has 7 heteroatoms. The largest absolute Gasteiger partial charge is 0.422 e. The van der Waals surface area contributed by atoms with E-state index in [2.05, 4.69) is 50.9 Å². The van der Waals surface area contributed by atoms with Crippen LogP contribution in [0.25, 0.3) is 0 Å². The predicted octanol–water partition coefficient (Wildman–Crippen LogP) is 6.76. The second-order valence-corrected chi connectivity index (χ2v) is 15.7. The lowest BCUT2D eigenvalue weighted by Gasteiger charge is -2.68. The average Bonchev–Trinajstić information content (AvgIpc) is 3.27. The first kappa shape index (κ1) is 26.3.